The summed E-state index contributed by atoms with van der Waals surface area (Å²) in [6.45, 7) is 12.4. The van der Waals surface area contributed by atoms with E-state index in [1.807, 2.05) is 57.2 Å². The van der Waals surface area contributed by atoms with E-state index in [0.717, 1.165) is 22.3 Å². The average Bonchev–Trinajstić information content (AvgIpc) is 3.07. The Hall–Kier alpha value is -3.73. The lowest BCUT2D eigenvalue weighted by atomic mass is 9.86. The first-order valence-electron chi connectivity index (χ1n) is 11.5. The van der Waals surface area contributed by atoms with E-state index in [9.17, 15) is 9.59 Å². The molecular formula is C29H28N2O3. The number of benzene rings is 2. The molecule has 0 saturated carbocycles. The summed E-state index contributed by atoms with van der Waals surface area (Å²) in [6, 6.07) is 14.9. The second-order valence-corrected chi connectivity index (χ2v) is 10.2. The van der Waals surface area contributed by atoms with Gasteiger partial charge >= 0.3 is 0 Å². The van der Waals surface area contributed by atoms with Crippen LogP contribution in [0.3, 0.4) is 0 Å². The average molecular weight is 453 g/mol. The molecule has 1 amide bonds. The van der Waals surface area contributed by atoms with Crippen LogP contribution in [0.5, 0.6) is 0 Å². The van der Waals surface area contributed by atoms with Gasteiger partial charge in [0.1, 0.15) is 11.4 Å². The van der Waals surface area contributed by atoms with Gasteiger partial charge in [-0.1, -0.05) is 45.0 Å². The maximum Gasteiger partial charge on any atom is 0.296 e. The number of fused-ring (bicyclic) bond motifs is 2. The number of aromatic nitrogens is 1. The highest BCUT2D eigenvalue weighted by Gasteiger charge is 2.44. The first-order chi connectivity index (χ1) is 16.1. The van der Waals surface area contributed by atoms with Gasteiger partial charge < -0.3 is 4.42 Å². The summed E-state index contributed by atoms with van der Waals surface area (Å²) in [7, 11) is 0. The fourth-order valence-corrected chi connectivity index (χ4v) is 4.60. The van der Waals surface area contributed by atoms with Gasteiger partial charge in [-0.25, -0.2) is 4.98 Å². The molecule has 0 spiro atoms. The van der Waals surface area contributed by atoms with E-state index in [0.29, 0.717) is 22.4 Å². The zero-order valence-electron chi connectivity index (χ0n) is 20.4. The minimum absolute atomic E-state index is 0.00959. The van der Waals surface area contributed by atoms with Gasteiger partial charge in [0.15, 0.2) is 5.43 Å². The predicted molar refractivity (Wildman–Crippen MR) is 135 cm³/mol. The first-order valence-corrected chi connectivity index (χ1v) is 11.5. The quantitative estimate of drug-likeness (QED) is 0.365. The number of aryl methyl sites for hydroxylation is 3. The second-order valence-electron chi connectivity index (χ2n) is 10.2. The van der Waals surface area contributed by atoms with Crippen LogP contribution >= 0.6 is 0 Å². The third kappa shape index (κ3) is 3.43. The molecule has 1 atom stereocenters. The predicted octanol–water partition coefficient (Wildman–Crippen LogP) is 6.16. The molecule has 0 unspecified atom stereocenters. The Morgan fingerprint density at radius 3 is 2.24 bits per heavy atom. The van der Waals surface area contributed by atoms with Gasteiger partial charge in [-0.2, -0.15) is 0 Å². The number of rotatable bonds is 2. The van der Waals surface area contributed by atoms with Crippen molar-refractivity contribution >= 4 is 22.7 Å². The number of amides is 1. The monoisotopic (exact) mass is 452 g/mol. The van der Waals surface area contributed by atoms with Crippen LogP contribution in [0.15, 0.2) is 63.9 Å². The molecule has 1 aliphatic heterocycles. The Bertz CT molecular complexity index is 1510. The molecule has 5 nitrogen and oxygen atoms in total. The summed E-state index contributed by atoms with van der Waals surface area (Å²) in [5, 5.41) is 0.491. The topological polar surface area (TPSA) is 63.4 Å². The van der Waals surface area contributed by atoms with Crippen molar-refractivity contribution in [2.75, 3.05) is 4.90 Å². The van der Waals surface area contributed by atoms with Crippen molar-refractivity contribution < 1.29 is 9.21 Å². The van der Waals surface area contributed by atoms with Crippen molar-refractivity contribution in [1.82, 2.24) is 4.98 Å². The Labute approximate surface area is 199 Å². The molecular weight excluding hydrogens is 424 g/mol. The van der Waals surface area contributed by atoms with Crippen LogP contribution in [0.1, 0.15) is 70.7 Å². The smallest absolute Gasteiger partial charge is 0.296 e. The van der Waals surface area contributed by atoms with Crippen molar-refractivity contribution in [2.45, 2.75) is 53.0 Å². The Kier molecular flexibility index (Phi) is 4.97. The molecule has 4 aromatic rings. The molecule has 34 heavy (non-hydrogen) atoms. The first kappa shape index (κ1) is 22.1. The SMILES string of the molecule is Cc1ccnc(N2C(=O)c3oc4cc(C)c(C)cc4c(=O)c3[C@H]2c2ccc(C(C)(C)C)cc2)c1. The molecule has 0 saturated heterocycles. The summed E-state index contributed by atoms with van der Waals surface area (Å²) in [6.07, 6.45) is 1.68. The number of pyridine rings is 1. The molecule has 3 heterocycles. The van der Waals surface area contributed by atoms with E-state index < -0.39 is 6.04 Å². The number of nitrogens with zero attached hydrogens (tertiary/aromatic N) is 2. The molecule has 0 N–H and O–H groups in total. The lowest BCUT2D eigenvalue weighted by Gasteiger charge is -2.25. The van der Waals surface area contributed by atoms with Crippen molar-refractivity contribution in [3.8, 4) is 0 Å². The van der Waals surface area contributed by atoms with Crippen LogP contribution in [-0.4, -0.2) is 10.9 Å². The number of hydrogen-bond acceptors (Lipinski definition) is 4. The van der Waals surface area contributed by atoms with Crippen LogP contribution in [0, 0.1) is 20.8 Å². The summed E-state index contributed by atoms with van der Waals surface area (Å²) < 4.78 is 6.13. The lowest BCUT2D eigenvalue weighted by molar-refractivity contribution is 0.0970. The van der Waals surface area contributed by atoms with Crippen molar-refractivity contribution in [2.24, 2.45) is 0 Å². The summed E-state index contributed by atoms with van der Waals surface area (Å²) in [5.41, 5.74) is 5.63. The van der Waals surface area contributed by atoms with Gasteiger partial charge in [0.2, 0.25) is 5.76 Å². The molecule has 2 aromatic carbocycles. The molecule has 2 aromatic heterocycles. The normalized spacial score (nSPS) is 15.8. The van der Waals surface area contributed by atoms with Gasteiger partial charge in [0.05, 0.1) is 17.0 Å². The summed E-state index contributed by atoms with van der Waals surface area (Å²) in [5.74, 6) is 0.237. The van der Waals surface area contributed by atoms with Gasteiger partial charge in [0.25, 0.3) is 5.91 Å². The van der Waals surface area contributed by atoms with Crippen LogP contribution in [-0.2, 0) is 5.41 Å². The van der Waals surface area contributed by atoms with E-state index in [4.69, 9.17) is 4.42 Å². The second kappa shape index (κ2) is 7.66. The van der Waals surface area contributed by atoms with Crippen molar-refractivity contribution in [3.05, 3.63) is 104 Å². The molecule has 0 aliphatic carbocycles. The number of anilines is 1. The Morgan fingerprint density at radius 2 is 1.59 bits per heavy atom. The van der Waals surface area contributed by atoms with E-state index >= 15 is 0 Å². The highest BCUT2D eigenvalue weighted by atomic mass is 16.3. The van der Waals surface area contributed by atoms with E-state index in [2.05, 4.69) is 37.9 Å². The fraction of sp³-hybridized carbons (Fsp3) is 0.276. The highest BCUT2D eigenvalue weighted by molar-refractivity contribution is 6.10. The molecule has 1 aliphatic rings. The maximum atomic E-state index is 13.8. The van der Waals surface area contributed by atoms with Gasteiger partial charge in [-0.15, -0.1) is 0 Å². The van der Waals surface area contributed by atoms with Crippen molar-refractivity contribution in [3.63, 3.8) is 0 Å². The van der Waals surface area contributed by atoms with Crippen LogP contribution < -0.4 is 10.3 Å². The summed E-state index contributed by atoms with van der Waals surface area (Å²) in [4.78, 5) is 33.6. The molecule has 0 fully saturated rings. The Balaban J connectivity index is 1.79. The number of carbonyl (C=O) groups is 1. The minimum atomic E-state index is -0.618. The van der Waals surface area contributed by atoms with E-state index in [-0.39, 0.29) is 22.5 Å². The molecule has 5 rings (SSSR count). The van der Waals surface area contributed by atoms with Gasteiger partial charge in [0, 0.05) is 6.20 Å². The van der Waals surface area contributed by atoms with Crippen LogP contribution in [0.2, 0.25) is 0 Å². The van der Waals surface area contributed by atoms with Crippen molar-refractivity contribution in [1.29, 1.82) is 0 Å². The minimum Gasteiger partial charge on any atom is -0.450 e. The molecule has 0 radical (unpaired) electrons. The Morgan fingerprint density at radius 1 is 0.912 bits per heavy atom. The van der Waals surface area contributed by atoms with Gasteiger partial charge in [-0.3, -0.25) is 14.5 Å². The van der Waals surface area contributed by atoms with Gasteiger partial charge in [-0.05, 0) is 78.3 Å². The largest absolute Gasteiger partial charge is 0.450 e. The number of hydrogen-bond donors (Lipinski definition) is 0. The highest BCUT2D eigenvalue weighted by Crippen LogP contribution is 2.41. The summed E-state index contributed by atoms with van der Waals surface area (Å²) >= 11 is 0. The number of carbonyl (C=O) groups excluding carboxylic acids is 1. The molecule has 172 valence electrons. The molecule has 5 heteroatoms. The zero-order valence-corrected chi connectivity index (χ0v) is 20.4. The molecule has 0 bridgehead atoms. The standard InChI is InChI=1S/C29H28N2O3/c1-16-11-12-30-23(13-16)31-25(19-7-9-20(10-8-19)29(4,5)6)24-26(32)21-14-17(2)18(3)15-22(21)34-27(24)28(31)33/h7-15,25H,1-6H3/t25-/m1/s1. The van der Waals surface area contributed by atoms with E-state index in [1.165, 1.54) is 5.56 Å². The van der Waals surface area contributed by atoms with Crippen LogP contribution in [0.4, 0.5) is 5.82 Å². The van der Waals surface area contributed by atoms with Crippen LogP contribution in [0.25, 0.3) is 11.0 Å². The third-order valence-corrected chi connectivity index (χ3v) is 6.73. The maximum absolute atomic E-state index is 13.8. The van der Waals surface area contributed by atoms with E-state index in [1.54, 1.807) is 11.1 Å². The lowest BCUT2D eigenvalue weighted by Crippen LogP contribution is -2.30. The third-order valence-electron chi connectivity index (χ3n) is 6.73. The fourth-order valence-electron chi connectivity index (χ4n) is 4.60. The zero-order chi connectivity index (χ0) is 24.4.